The Kier molecular flexibility index (Phi) is 3.56. The van der Waals surface area contributed by atoms with Crippen molar-refractivity contribution in [3.63, 3.8) is 0 Å². The Balaban J connectivity index is 2.82. The first-order valence-corrected chi connectivity index (χ1v) is 4.57. The smallest absolute Gasteiger partial charge is 0.131 e. The molecule has 0 amide bonds. The number of nitrogens with one attached hydrogen (secondary N) is 1. The van der Waals surface area contributed by atoms with E-state index >= 15 is 0 Å². The van der Waals surface area contributed by atoms with Gasteiger partial charge in [0.05, 0.1) is 10.2 Å². The highest BCUT2D eigenvalue weighted by Gasteiger charge is 1.99. The molecule has 0 aliphatic carbocycles. The minimum atomic E-state index is 0.477. The summed E-state index contributed by atoms with van der Waals surface area (Å²) in [7, 11) is 0. The maximum Gasteiger partial charge on any atom is 0.131 e. The molecule has 1 rings (SSSR count). The minimum Gasteiger partial charge on any atom is -0.381 e. The molecule has 0 unspecified atom stereocenters. The van der Waals surface area contributed by atoms with Crippen LogP contribution in [0.2, 0.25) is 5.15 Å². The number of anilines is 1. The van der Waals surface area contributed by atoms with E-state index in [2.05, 4.69) is 32.8 Å². The molecule has 0 aromatic carbocycles. The molecular weight excluding hydrogens is 239 g/mol. The van der Waals surface area contributed by atoms with Crippen LogP contribution >= 0.6 is 27.5 Å². The van der Waals surface area contributed by atoms with E-state index in [4.69, 9.17) is 11.6 Å². The first-order chi connectivity index (χ1) is 5.74. The lowest BCUT2D eigenvalue weighted by molar-refractivity contribution is 1.26. The maximum atomic E-state index is 5.70. The SMILES string of the molecule is C=CCNc1cc(Cl)ncc1Br. The fraction of sp³-hybridized carbons (Fsp3) is 0.125. The fourth-order valence-electron chi connectivity index (χ4n) is 0.731. The number of hydrogen-bond donors (Lipinski definition) is 1. The summed E-state index contributed by atoms with van der Waals surface area (Å²) in [6.07, 6.45) is 3.44. The van der Waals surface area contributed by atoms with Crippen molar-refractivity contribution in [2.45, 2.75) is 0 Å². The van der Waals surface area contributed by atoms with E-state index in [1.54, 1.807) is 18.3 Å². The second-order valence-electron chi connectivity index (χ2n) is 2.16. The average molecular weight is 248 g/mol. The van der Waals surface area contributed by atoms with Gasteiger partial charge in [0.25, 0.3) is 0 Å². The van der Waals surface area contributed by atoms with Gasteiger partial charge >= 0.3 is 0 Å². The van der Waals surface area contributed by atoms with E-state index in [-0.39, 0.29) is 0 Å². The Morgan fingerprint density at radius 1 is 1.75 bits per heavy atom. The van der Waals surface area contributed by atoms with Crippen molar-refractivity contribution in [3.05, 3.63) is 34.5 Å². The van der Waals surface area contributed by atoms with Crippen LogP contribution < -0.4 is 5.32 Å². The van der Waals surface area contributed by atoms with Gasteiger partial charge in [-0.25, -0.2) is 4.98 Å². The van der Waals surface area contributed by atoms with E-state index in [9.17, 15) is 0 Å². The van der Waals surface area contributed by atoms with E-state index < -0.39 is 0 Å². The summed E-state index contributed by atoms with van der Waals surface area (Å²) < 4.78 is 0.897. The third-order valence-electron chi connectivity index (χ3n) is 1.26. The molecule has 2 nitrogen and oxygen atoms in total. The van der Waals surface area contributed by atoms with Gasteiger partial charge in [-0.3, -0.25) is 0 Å². The van der Waals surface area contributed by atoms with Crippen LogP contribution in [0.15, 0.2) is 29.4 Å². The van der Waals surface area contributed by atoms with Crippen molar-refractivity contribution in [1.82, 2.24) is 4.98 Å². The summed E-state index contributed by atoms with van der Waals surface area (Å²) in [6, 6.07) is 1.76. The Hall–Kier alpha value is -0.540. The van der Waals surface area contributed by atoms with Crippen LogP contribution in [0, 0.1) is 0 Å². The molecule has 1 aromatic rings. The Bertz CT molecular complexity index is 288. The summed E-state index contributed by atoms with van der Waals surface area (Å²) in [6.45, 7) is 4.31. The topological polar surface area (TPSA) is 24.9 Å². The lowest BCUT2D eigenvalue weighted by Crippen LogP contribution is -1.98. The zero-order valence-electron chi connectivity index (χ0n) is 6.35. The Morgan fingerprint density at radius 2 is 2.50 bits per heavy atom. The van der Waals surface area contributed by atoms with Crippen molar-refractivity contribution in [3.8, 4) is 0 Å². The van der Waals surface area contributed by atoms with Gasteiger partial charge in [-0.05, 0) is 22.0 Å². The number of hydrogen-bond acceptors (Lipinski definition) is 2. The number of pyridine rings is 1. The lowest BCUT2D eigenvalue weighted by Gasteiger charge is -2.05. The molecule has 1 N–H and O–H groups in total. The predicted molar refractivity (Wildman–Crippen MR) is 55.6 cm³/mol. The van der Waals surface area contributed by atoms with Gasteiger partial charge in [0.1, 0.15) is 5.15 Å². The highest BCUT2D eigenvalue weighted by atomic mass is 79.9. The summed E-state index contributed by atoms with van der Waals surface area (Å²) in [5.41, 5.74) is 0.926. The molecule has 0 saturated heterocycles. The molecule has 1 aromatic heterocycles. The van der Waals surface area contributed by atoms with Gasteiger partial charge < -0.3 is 5.32 Å². The monoisotopic (exact) mass is 246 g/mol. The molecule has 64 valence electrons. The van der Waals surface area contributed by atoms with Crippen molar-refractivity contribution in [1.29, 1.82) is 0 Å². The average Bonchev–Trinajstić information content (AvgIpc) is 2.07. The molecule has 0 atom stereocenters. The van der Waals surface area contributed by atoms with Crippen LogP contribution in [0.1, 0.15) is 0 Å². The molecule has 4 heteroatoms. The molecule has 0 bridgehead atoms. The third kappa shape index (κ3) is 2.50. The second-order valence-corrected chi connectivity index (χ2v) is 3.40. The number of aromatic nitrogens is 1. The largest absolute Gasteiger partial charge is 0.381 e. The molecule has 0 spiro atoms. The standard InChI is InChI=1S/C8H8BrClN2/c1-2-3-11-7-4-8(10)12-5-6(7)9/h2,4-5H,1,3H2,(H,11,12). The molecule has 0 saturated carbocycles. The van der Waals surface area contributed by atoms with Gasteiger partial charge in [0, 0.05) is 12.7 Å². The fourth-order valence-corrected chi connectivity index (χ4v) is 1.25. The summed E-state index contributed by atoms with van der Waals surface area (Å²) >= 11 is 9.04. The van der Waals surface area contributed by atoms with Gasteiger partial charge in [-0.1, -0.05) is 17.7 Å². The number of rotatable bonds is 3. The van der Waals surface area contributed by atoms with Crippen LogP contribution in [0.3, 0.4) is 0 Å². The van der Waals surface area contributed by atoms with Gasteiger partial charge in [0.2, 0.25) is 0 Å². The van der Waals surface area contributed by atoms with Crippen LogP contribution in [0.4, 0.5) is 5.69 Å². The predicted octanol–water partition coefficient (Wildman–Crippen LogP) is 3.10. The van der Waals surface area contributed by atoms with Crippen molar-refractivity contribution in [2.75, 3.05) is 11.9 Å². The van der Waals surface area contributed by atoms with E-state index in [1.165, 1.54) is 0 Å². The van der Waals surface area contributed by atoms with Crippen molar-refractivity contribution >= 4 is 33.2 Å². The third-order valence-corrected chi connectivity index (χ3v) is 2.10. The molecule has 0 aliphatic rings. The van der Waals surface area contributed by atoms with Gasteiger partial charge in [-0.2, -0.15) is 0 Å². The molecule has 0 radical (unpaired) electrons. The zero-order chi connectivity index (χ0) is 8.97. The van der Waals surface area contributed by atoms with Crippen LogP contribution in [0.5, 0.6) is 0 Å². The highest BCUT2D eigenvalue weighted by Crippen LogP contribution is 2.23. The minimum absolute atomic E-state index is 0.477. The molecular formula is C8H8BrClN2. The van der Waals surface area contributed by atoms with Crippen LogP contribution in [0.25, 0.3) is 0 Å². The molecule has 0 aliphatic heterocycles. The number of halogens is 2. The Morgan fingerprint density at radius 3 is 3.17 bits per heavy atom. The van der Waals surface area contributed by atoms with Gasteiger partial charge in [0.15, 0.2) is 0 Å². The van der Waals surface area contributed by atoms with E-state index in [1.807, 2.05) is 0 Å². The normalized spacial score (nSPS) is 9.50. The zero-order valence-corrected chi connectivity index (χ0v) is 8.69. The lowest BCUT2D eigenvalue weighted by atomic mass is 10.4. The van der Waals surface area contributed by atoms with E-state index in [0.29, 0.717) is 11.7 Å². The Labute approximate surface area is 84.8 Å². The second kappa shape index (κ2) is 4.48. The summed E-state index contributed by atoms with van der Waals surface area (Å²) in [5.74, 6) is 0. The molecule has 12 heavy (non-hydrogen) atoms. The van der Waals surface area contributed by atoms with Crippen LogP contribution in [-0.2, 0) is 0 Å². The van der Waals surface area contributed by atoms with Gasteiger partial charge in [-0.15, -0.1) is 6.58 Å². The summed E-state index contributed by atoms with van der Waals surface area (Å²) in [5, 5.41) is 3.59. The number of nitrogens with zero attached hydrogens (tertiary/aromatic N) is 1. The molecule has 0 fully saturated rings. The maximum absolute atomic E-state index is 5.70. The van der Waals surface area contributed by atoms with Crippen molar-refractivity contribution < 1.29 is 0 Å². The van der Waals surface area contributed by atoms with Crippen LogP contribution in [-0.4, -0.2) is 11.5 Å². The first kappa shape index (κ1) is 9.55. The van der Waals surface area contributed by atoms with E-state index in [0.717, 1.165) is 10.2 Å². The molecule has 1 heterocycles. The summed E-state index contributed by atoms with van der Waals surface area (Å²) in [4.78, 5) is 3.90. The quantitative estimate of drug-likeness (QED) is 0.656. The highest BCUT2D eigenvalue weighted by molar-refractivity contribution is 9.10. The first-order valence-electron chi connectivity index (χ1n) is 3.40. The van der Waals surface area contributed by atoms with Crippen molar-refractivity contribution in [2.24, 2.45) is 0 Å².